The number of rotatable bonds is 6. The highest BCUT2D eigenvalue weighted by molar-refractivity contribution is 7.13. The second-order valence-corrected chi connectivity index (χ2v) is 8.62. The first-order valence-corrected chi connectivity index (χ1v) is 11.0. The standard InChI is InChI=1S/C23H26N2O3S/c1-15-7-9-19-18(14-15)17(22(24-19)20-6-5-13-29-20)8-10-21(26)28-16(2)23(27)25-11-3-4-12-25/h5-7,9,13-14,16,24H,3-4,8,10-12H2,1-2H3/t16-/m0/s1. The number of aromatic amines is 1. The van der Waals surface area contributed by atoms with Gasteiger partial charge >= 0.3 is 5.97 Å². The van der Waals surface area contributed by atoms with Crippen LogP contribution in [0, 0.1) is 6.92 Å². The summed E-state index contributed by atoms with van der Waals surface area (Å²) in [6.45, 7) is 5.27. The topological polar surface area (TPSA) is 62.4 Å². The van der Waals surface area contributed by atoms with Crippen molar-refractivity contribution in [1.29, 1.82) is 0 Å². The van der Waals surface area contributed by atoms with Crippen molar-refractivity contribution in [2.75, 3.05) is 13.1 Å². The molecule has 1 saturated heterocycles. The summed E-state index contributed by atoms with van der Waals surface area (Å²) in [5, 5.41) is 3.19. The van der Waals surface area contributed by atoms with E-state index < -0.39 is 6.10 Å². The van der Waals surface area contributed by atoms with Gasteiger partial charge in [0.05, 0.1) is 10.6 Å². The third kappa shape index (κ3) is 4.22. The van der Waals surface area contributed by atoms with Crippen LogP contribution in [0.3, 0.4) is 0 Å². The zero-order valence-electron chi connectivity index (χ0n) is 16.9. The summed E-state index contributed by atoms with van der Waals surface area (Å²) >= 11 is 1.67. The first-order valence-electron chi connectivity index (χ1n) is 10.2. The molecule has 2 aromatic heterocycles. The average Bonchev–Trinajstić information content (AvgIpc) is 3.45. The molecule has 1 aliphatic heterocycles. The maximum atomic E-state index is 12.5. The third-order valence-corrected chi connectivity index (χ3v) is 6.37. The van der Waals surface area contributed by atoms with Crippen molar-refractivity contribution < 1.29 is 14.3 Å². The van der Waals surface area contributed by atoms with Crippen LogP contribution in [-0.2, 0) is 20.7 Å². The summed E-state index contributed by atoms with van der Waals surface area (Å²) in [7, 11) is 0. The number of H-pyrrole nitrogens is 1. The van der Waals surface area contributed by atoms with Crippen LogP contribution < -0.4 is 0 Å². The Balaban J connectivity index is 1.48. The summed E-state index contributed by atoms with van der Waals surface area (Å²) in [6, 6.07) is 10.4. The lowest BCUT2D eigenvalue weighted by molar-refractivity contribution is -0.158. The van der Waals surface area contributed by atoms with Crippen molar-refractivity contribution >= 4 is 34.1 Å². The van der Waals surface area contributed by atoms with Gasteiger partial charge in [0.15, 0.2) is 6.10 Å². The van der Waals surface area contributed by atoms with Gasteiger partial charge in [-0.1, -0.05) is 17.7 Å². The zero-order chi connectivity index (χ0) is 20.4. The summed E-state index contributed by atoms with van der Waals surface area (Å²) in [5.74, 6) is -0.415. The Morgan fingerprint density at radius 1 is 1.24 bits per heavy atom. The van der Waals surface area contributed by atoms with Crippen LogP contribution in [0.4, 0.5) is 0 Å². The summed E-state index contributed by atoms with van der Waals surface area (Å²) < 4.78 is 5.45. The number of aryl methyl sites for hydroxylation is 2. The molecule has 6 heteroatoms. The quantitative estimate of drug-likeness (QED) is 0.600. The predicted molar refractivity (Wildman–Crippen MR) is 116 cm³/mol. The highest BCUT2D eigenvalue weighted by Crippen LogP contribution is 2.34. The van der Waals surface area contributed by atoms with E-state index in [2.05, 4.69) is 41.6 Å². The summed E-state index contributed by atoms with van der Waals surface area (Å²) in [6.07, 6.45) is 2.15. The maximum absolute atomic E-state index is 12.5. The van der Waals surface area contributed by atoms with Crippen LogP contribution in [0.5, 0.6) is 0 Å². The molecule has 152 valence electrons. The Morgan fingerprint density at radius 2 is 2.03 bits per heavy atom. The SMILES string of the molecule is Cc1ccc2[nH]c(-c3cccs3)c(CCC(=O)O[C@@H](C)C(=O)N3CCCC3)c2c1. The van der Waals surface area contributed by atoms with Crippen LogP contribution in [0.2, 0.25) is 0 Å². The molecule has 1 amide bonds. The van der Waals surface area contributed by atoms with Crippen molar-refractivity contribution in [3.05, 3.63) is 46.8 Å². The molecular weight excluding hydrogens is 384 g/mol. The molecule has 3 heterocycles. The molecule has 29 heavy (non-hydrogen) atoms. The van der Waals surface area contributed by atoms with Gasteiger partial charge in [-0.2, -0.15) is 0 Å². The van der Waals surface area contributed by atoms with E-state index in [0.717, 1.165) is 53.0 Å². The van der Waals surface area contributed by atoms with Crippen LogP contribution >= 0.6 is 11.3 Å². The molecule has 3 aromatic rings. The minimum absolute atomic E-state index is 0.0853. The van der Waals surface area contributed by atoms with Gasteiger partial charge in [-0.15, -0.1) is 11.3 Å². The number of carbonyl (C=O) groups excluding carboxylic acids is 2. The van der Waals surface area contributed by atoms with Crippen molar-refractivity contribution in [1.82, 2.24) is 9.88 Å². The lowest BCUT2D eigenvalue weighted by atomic mass is 10.0. The number of benzene rings is 1. The number of fused-ring (bicyclic) bond motifs is 1. The van der Waals surface area contributed by atoms with E-state index >= 15 is 0 Å². The van der Waals surface area contributed by atoms with Gasteiger partial charge in [-0.25, -0.2) is 0 Å². The predicted octanol–water partition coefficient (Wildman–Crippen LogP) is 4.69. The number of amides is 1. The van der Waals surface area contributed by atoms with Gasteiger partial charge in [-0.05, 0) is 62.3 Å². The van der Waals surface area contributed by atoms with E-state index in [1.165, 1.54) is 5.56 Å². The Bertz CT molecular complexity index is 1020. The molecule has 1 aromatic carbocycles. The van der Waals surface area contributed by atoms with Crippen molar-refractivity contribution in [3.8, 4) is 10.6 Å². The monoisotopic (exact) mass is 410 g/mol. The molecule has 1 aliphatic rings. The fourth-order valence-electron chi connectivity index (χ4n) is 3.98. The number of esters is 1. The molecule has 0 spiro atoms. The van der Waals surface area contributed by atoms with Gasteiger partial charge < -0.3 is 14.6 Å². The van der Waals surface area contributed by atoms with Crippen LogP contribution in [-0.4, -0.2) is 41.0 Å². The van der Waals surface area contributed by atoms with Crippen LogP contribution in [0.1, 0.15) is 37.3 Å². The molecule has 0 radical (unpaired) electrons. The molecule has 0 aliphatic carbocycles. The lowest BCUT2D eigenvalue weighted by Gasteiger charge is -2.20. The number of carbonyl (C=O) groups is 2. The fraction of sp³-hybridized carbons (Fsp3) is 0.391. The highest BCUT2D eigenvalue weighted by atomic mass is 32.1. The number of ether oxygens (including phenoxy) is 1. The molecule has 1 N–H and O–H groups in total. The first kappa shape index (κ1) is 19.7. The van der Waals surface area contributed by atoms with E-state index in [9.17, 15) is 9.59 Å². The van der Waals surface area contributed by atoms with E-state index in [1.54, 1.807) is 23.2 Å². The highest BCUT2D eigenvalue weighted by Gasteiger charge is 2.26. The minimum Gasteiger partial charge on any atom is -0.453 e. The van der Waals surface area contributed by atoms with Gasteiger partial charge in [0.1, 0.15) is 0 Å². The van der Waals surface area contributed by atoms with Crippen molar-refractivity contribution in [3.63, 3.8) is 0 Å². The average molecular weight is 411 g/mol. The number of thiophene rings is 1. The first-order chi connectivity index (χ1) is 14.0. The van der Waals surface area contributed by atoms with Crippen molar-refractivity contribution in [2.24, 2.45) is 0 Å². The molecule has 0 unspecified atom stereocenters. The summed E-state index contributed by atoms with van der Waals surface area (Å²) in [5.41, 5.74) is 4.44. The second kappa shape index (κ2) is 8.41. The molecule has 1 fully saturated rings. The smallest absolute Gasteiger partial charge is 0.306 e. The van der Waals surface area contributed by atoms with Crippen LogP contribution in [0.15, 0.2) is 35.7 Å². The number of likely N-dealkylation sites (tertiary alicyclic amines) is 1. The number of aromatic nitrogens is 1. The van der Waals surface area contributed by atoms with Gasteiger partial charge in [0.2, 0.25) is 0 Å². The zero-order valence-corrected chi connectivity index (χ0v) is 17.7. The van der Waals surface area contributed by atoms with E-state index in [0.29, 0.717) is 6.42 Å². The maximum Gasteiger partial charge on any atom is 0.306 e. The molecular formula is C23H26N2O3S. The molecule has 1 atom stereocenters. The molecule has 0 saturated carbocycles. The van der Waals surface area contributed by atoms with Gasteiger partial charge in [-0.3, -0.25) is 9.59 Å². The largest absolute Gasteiger partial charge is 0.453 e. The normalized spacial score (nSPS) is 15.0. The number of hydrogen-bond donors (Lipinski definition) is 1. The molecule has 5 nitrogen and oxygen atoms in total. The Hall–Kier alpha value is -2.60. The molecule has 0 bridgehead atoms. The lowest BCUT2D eigenvalue weighted by Crippen LogP contribution is -2.38. The fourth-order valence-corrected chi connectivity index (χ4v) is 4.73. The van der Waals surface area contributed by atoms with E-state index in [-0.39, 0.29) is 18.3 Å². The van der Waals surface area contributed by atoms with E-state index in [1.807, 2.05) is 6.07 Å². The van der Waals surface area contributed by atoms with E-state index in [4.69, 9.17) is 4.74 Å². The number of nitrogens with zero attached hydrogens (tertiary/aromatic N) is 1. The Labute approximate surface area is 174 Å². The van der Waals surface area contributed by atoms with Crippen molar-refractivity contribution in [2.45, 2.75) is 45.6 Å². The summed E-state index contributed by atoms with van der Waals surface area (Å²) in [4.78, 5) is 31.3. The number of nitrogens with one attached hydrogen (secondary N) is 1. The Morgan fingerprint density at radius 3 is 2.76 bits per heavy atom. The third-order valence-electron chi connectivity index (χ3n) is 5.48. The van der Waals surface area contributed by atoms with Gasteiger partial charge in [0, 0.05) is 30.4 Å². The Kier molecular flexibility index (Phi) is 5.72. The second-order valence-electron chi connectivity index (χ2n) is 7.67. The molecule has 4 rings (SSSR count). The van der Waals surface area contributed by atoms with Crippen LogP contribution in [0.25, 0.3) is 21.5 Å². The minimum atomic E-state index is -0.720. The number of hydrogen-bond acceptors (Lipinski definition) is 4. The van der Waals surface area contributed by atoms with Gasteiger partial charge in [0.25, 0.3) is 5.91 Å².